The van der Waals surface area contributed by atoms with Crippen LogP contribution in [0.3, 0.4) is 0 Å². The molecule has 0 radical (unpaired) electrons. The molecule has 3 unspecified atom stereocenters. The highest BCUT2D eigenvalue weighted by Crippen LogP contribution is 2.30. The van der Waals surface area contributed by atoms with Crippen LogP contribution in [-0.2, 0) is 38.4 Å². The van der Waals surface area contributed by atoms with Crippen molar-refractivity contribution < 1.29 is 37.4 Å². The molecular formula is C26H25F2N5O6S. The molecule has 1 saturated heterocycles. The van der Waals surface area contributed by atoms with Gasteiger partial charge in [0, 0.05) is 24.7 Å². The number of benzene rings is 2. The SMILES string of the molecule is COC(=O)C(Cc1cc(F)c(Oc2ccc(CC3SC(=O)NC3=O)cc2)c(F)c1)NC(=O)C(N)Cc1cnc[nH]1. The number of imidazole rings is 1. The Morgan fingerprint density at radius 3 is 2.40 bits per heavy atom. The summed E-state index contributed by atoms with van der Waals surface area (Å²) in [6.45, 7) is 0. The van der Waals surface area contributed by atoms with Crippen LogP contribution in [0.2, 0.25) is 0 Å². The minimum atomic E-state index is -1.25. The Labute approximate surface area is 231 Å². The van der Waals surface area contributed by atoms with E-state index in [1.807, 2.05) is 0 Å². The number of rotatable bonds is 11. The largest absolute Gasteiger partial charge is 0.467 e. The molecule has 3 amide bonds. The molecule has 2 heterocycles. The molecule has 3 aromatic rings. The van der Waals surface area contributed by atoms with E-state index < -0.39 is 51.8 Å². The van der Waals surface area contributed by atoms with Crippen molar-refractivity contribution in [3.05, 3.63) is 77.4 Å². The van der Waals surface area contributed by atoms with Crippen LogP contribution in [0.4, 0.5) is 13.6 Å². The zero-order chi connectivity index (χ0) is 28.8. The molecule has 1 aliphatic rings. The average Bonchev–Trinajstić information content (AvgIpc) is 3.54. The summed E-state index contributed by atoms with van der Waals surface area (Å²) in [5.41, 5.74) is 7.32. The quantitative estimate of drug-likeness (QED) is 0.252. The maximum absolute atomic E-state index is 14.9. The lowest BCUT2D eigenvalue weighted by molar-refractivity contribution is -0.145. The number of thioether (sulfide) groups is 1. The number of carbonyl (C=O) groups is 4. The predicted octanol–water partition coefficient (Wildman–Crippen LogP) is 2.14. The lowest BCUT2D eigenvalue weighted by atomic mass is 10.0. The minimum Gasteiger partial charge on any atom is -0.467 e. The molecule has 1 aromatic heterocycles. The third-order valence-corrected chi connectivity index (χ3v) is 6.94. The Balaban J connectivity index is 1.40. The summed E-state index contributed by atoms with van der Waals surface area (Å²) in [5.74, 6) is -4.42. The summed E-state index contributed by atoms with van der Waals surface area (Å²) in [7, 11) is 1.12. The number of nitrogens with zero attached hydrogens (tertiary/aromatic N) is 1. The third-order valence-electron chi connectivity index (χ3n) is 5.96. The third kappa shape index (κ3) is 7.21. The second-order valence-corrected chi connectivity index (χ2v) is 10.1. The molecule has 5 N–H and O–H groups in total. The number of imide groups is 1. The standard InChI is InChI=1S/C26H25F2N5O6S/c1-38-25(36)20(32-23(34)19(29)10-15-11-30-12-31-15)8-14-6-17(27)22(18(28)7-14)39-16-4-2-13(3-5-16)9-21-24(35)33-26(37)40-21/h2-7,11-12,19-21H,8-10,29H2,1H3,(H,30,31)(H,32,34)(H,33,35,37). The summed E-state index contributed by atoms with van der Waals surface area (Å²) >= 11 is 0.901. The zero-order valence-electron chi connectivity index (χ0n) is 21.1. The number of carbonyl (C=O) groups excluding carboxylic acids is 4. The smallest absolute Gasteiger partial charge is 0.328 e. The van der Waals surface area contributed by atoms with Crippen molar-refractivity contribution in [3.8, 4) is 11.5 Å². The van der Waals surface area contributed by atoms with E-state index in [4.69, 9.17) is 15.2 Å². The molecule has 1 fully saturated rings. The normalized spacial score (nSPS) is 16.2. The van der Waals surface area contributed by atoms with E-state index in [1.54, 1.807) is 12.1 Å². The first-order chi connectivity index (χ1) is 19.1. The Bertz CT molecular complexity index is 1380. The number of methoxy groups -OCH3 is 1. The maximum Gasteiger partial charge on any atom is 0.328 e. The molecule has 14 heteroatoms. The van der Waals surface area contributed by atoms with Gasteiger partial charge in [-0.15, -0.1) is 0 Å². The fourth-order valence-corrected chi connectivity index (χ4v) is 4.82. The number of ether oxygens (including phenoxy) is 2. The summed E-state index contributed by atoms with van der Waals surface area (Å²) in [6, 6.07) is 5.93. The number of hydrogen-bond acceptors (Lipinski definition) is 9. The van der Waals surface area contributed by atoms with Crippen LogP contribution in [0.15, 0.2) is 48.9 Å². The molecule has 0 bridgehead atoms. The molecule has 0 aliphatic carbocycles. The van der Waals surface area contributed by atoms with E-state index in [2.05, 4.69) is 20.6 Å². The van der Waals surface area contributed by atoms with Crippen LogP contribution in [0.1, 0.15) is 16.8 Å². The first-order valence-electron chi connectivity index (χ1n) is 12.0. The van der Waals surface area contributed by atoms with E-state index in [0.717, 1.165) is 36.6 Å². The van der Waals surface area contributed by atoms with Gasteiger partial charge in [-0.05, 0) is 41.8 Å². The minimum absolute atomic E-state index is 0.0671. The predicted molar refractivity (Wildman–Crippen MR) is 139 cm³/mol. The fourth-order valence-electron chi connectivity index (χ4n) is 3.96. The van der Waals surface area contributed by atoms with E-state index in [-0.39, 0.29) is 30.1 Å². The molecule has 0 spiro atoms. The van der Waals surface area contributed by atoms with Crippen LogP contribution in [-0.4, -0.2) is 57.4 Å². The molecule has 0 saturated carbocycles. The van der Waals surface area contributed by atoms with Gasteiger partial charge >= 0.3 is 5.97 Å². The van der Waals surface area contributed by atoms with Gasteiger partial charge in [-0.3, -0.25) is 19.7 Å². The molecule has 2 aromatic carbocycles. The molecular weight excluding hydrogens is 548 g/mol. The molecule has 4 rings (SSSR count). The van der Waals surface area contributed by atoms with Crippen LogP contribution in [0, 0.1) is 11.6 Å². The monoisotopic (exact) mass is 573 g/mol. The maximum atomic E-state index is 14.9. The fraction of sp³-hybridized carbons (Fsp3) is 0.269. The zero-order valence-corrected chi connectivity index (χ0v) is 21.9. The van der Waals surface area contributed by atoms with Crippen molar-refractivity contribution >= 4 is 34.8 Å². The number of aromatic nitrogens is 2. The summed E-state index contributed by atoms with van der Waals surface area (Å²) in [5, 5.41) is 3.72. The number of nitrogens with one attached hydrogen (secondary N) is 3. The van der Waals surface area contributed by atoms with E-state index >= 15 is 0 Å². The highest BCUT2D eigenvalue weighted by atomic mass is 32.2. The first-order valence-corrected chi connectivity index (χ1v) is 12.9. The number of esters is 1. The van der Waals surface area contributed by atoms with Crippen molar-refractivity contribution in [2.75, 3.05) is 7.11 Å². The molecule has 210 valence electrons. The number of amides is 3. The van der Waals surface area contributed by atoms with Crippen LogP contribution < -0.4 is 21.1 Å². The lowest BCUT2D eigenvalue weighted by Crippen LogP contribution is -2.50. The van der Waals surface area contributed by atoms with Crippen molar-refractivity contribution in [3.63, 3.8) is 0 Å². The number of hydrogen-bond donors (Lipinski definition) is 4. The lowest BCUT2D eigenvalue weighted by Gasteiger charge is -2.19. The van der Waals surface area contributed by atoms with Gasteiger partial charge in [-0.25, -0.2) is 18.6 Å². The van der Waals surface area contributed by atoms with Gasteiger partial charge in [0.25, 0.3) is 5.24 Å². The van der Waals surface area contributed by atoms with Crippen LogP contribution >= 0.6 is 11.8 Å². The number of aromatic amines is 1. The summed E-state index contributed by atoms with van der Waals surface area (Å²) in [4.78, 5) is 54.6. The molecule has 40 heavy (non-hydrogen) atoms. The van der Waals surface area contributed by atoms with Gasteiger partial charge in [-0.1, -0.05) is 23.9 Å². The van der Waals surface area contributed by atoms with Gasteiger partial charge in [0.15, 0.2) is 17.4 Å². The molecule has 3 atom stereocenters. The van der Waals surface area contributed by atoms with E-state index in [9.17, 15) is 28.0 Å². The highest BCUT2D eigenvalue weighted by Gasteiger charge is 2.31. The number of H-pyrrole nitrogens is 1. The Morgan fingerprint density at radius 2 is 1.82 bits per heavy atom. The van der Waals surface area contributed by atoms with Crippen molar-refractivity contribution in [1.82, 2.24) is 20.6 Å². The second kappa shape index (κ2) is 12.7. The topological polar surface area (TPSA) is 165 Å². The Hall–Kier alpha value is -4.30. The highest BCUT2D eigenvalue weighted by molar-refractivity contribution is 8.15. The molecule has 1 aliphatic heterocycles. The van der Waals surface area contributed by atoms with Gasteiger partial charge in [0.1, 0.15) is 11.8 Å². The number of halogens is 2. The van der Waals surface area contributed by atoms with Gasteiger partial charge < -0.3 is 25.5 Å². The van der Waals surface area contributed by atoms with E-state index in [1.165, 1.54) is 24.7 Å². The van der Waals surface area contributed by atoms with Gasteiger partial charge in [0.05, 0.1) is 24.7 Å². The van der Waals surface area contributed by atoms with Crippen LogP contribution in [0.25, 0.3) is 0 Å². The first kappa shape index (κ1) is 28.7. The van der Waals surface area contributed by atoms with Gasteiger partial charge in [0.2, 0.25) is 11.8 Å². The van der Waals surface area contributed by atoms with Crippen molar-refractivity contribution in [2.45, 2.75) is 36.6 Å². The summed E-state index contributed by atoms with van der Waals surface area (Å²) < 4.78 is 39.9. The molecule has 11 nitrogen and oxygen atoms in total. The van der Waals surface area contributed by atoms with Crippen molar-refractivity contribution in [2.24, 2.45) is 5.73 Å². The summed E-state index contributed by atoms with van der Waals surface area (Å²) in [6.07, 6.45) is 3.10. The Morgan fingerprint density at radius 1 is 1.12 bits per heavy atom. The van der Waals surface area contributed by atoms with Gasteiger partial charge in [-0.2, -0.15) is 0 Å². The van der Waals surface area contributed by atoms with E-state index in [0.29, 0.717) is 12.1 Å². The number of nitrogens with two attached hydrogens (primary N) is 1. The second-order valence-electron chi connectivity index (χ2n) is 8.90. The Kier molecular flexibility index (Phi) is 9.11. The van der Waals surface area contributed by atoms with Crippen LogP contribution in [0.5, 0.6) is 11.5 Å². The average molecular weight is 574 g/mol. The van der Waals surface area contributed by atoms with Crippen molar-refractivity contribution in [1.29, 1.82) is 0 Å².